The summed E-state index contributed by atoms with van der Waals surface area (Å²) < 4.78 is 28.6. The smallest absolute Gasteiger partial charge is 0.282 e. The molecule has 5 nitrogen and oxygen atoms in total. The number of rotatable bonds is 3. The monoisotopic (exact) mass is 275 g/mol. The van der Waals surface area contributed by atoms with Gasteiger partial charge in [0.2, 0.25) is 0 Å². The Labute approximate surface area is 110 Å². The van der Waals surface area contributed by atoms with Crippen molar-refractivity contribution in [3.63, 3.8) is 0 Å². The predicted octanol–water partition coefficient (Wildman–Crippen LogP) is 0.776. The topological polar surface area (TPSA) is 66.6 Å². The third-order valence-corrected chi connectivity index (χ3v) is 6.15. The Morgan fingerprint density at radius 2 is 1.94 bits per heavy atom. The molecule has 0 saturated carbocycles. The summed E-state index contributed by atoms with van der Waals surface area (Å²) >= 11 is 0. The minimum atomic E-state index is -3.29. The molecule has 18 heavy (non-hydrogen) atoms. The largest absolute Gasteiger partial charge is 0.329 e. The van der Waals surface area contributed by atoms with Crippen LogP contribution in [0.3, 0.4) is 0 Å². The first-order valence-corrected chi connectivity index (χ1v) is 8.42. The molecule has 0 aromatic rings. The molecule has 0 radical (unpaired) electrons. The van der Waals surface area contributed by atoms with Crippen molar-refractivity contribution in [2.75, 3.05) is 26.2 Å². The second kappa shape index (κ2) is 5.86. The van der Waals surface area contributed by atoms with Crippen LogP contribution in [0.25, 0.3) is 0 Å². The Bertz CT molecular complexity index is 372. The Kier molecular flexibility index (Phi) is 4.64. The van der Waals surface area contributed by atoms with Crippen LogP contribution < -0.4 is 5.73 Å². The van der Waals surface area contributed by atoms with E-state index in [1.807, 2.05) is 0 Å². The molecule has 0 aromatic heterocycles. The third kappa shape index (κ3) is 2.87. The lowest BCUT2D eigenvalue weighted by Crippen LogP contribution is -2.54. The van der Waals surface area contributed by atoms with E-state index in [0.717, 1.165) is 32.1 Å². The maximum atomic E-state index is 12.7. The summed E-state index contributed by atoms with van der Waals surface area (Å²) in [7, 11) is -3.29. The van der Waals surface area contributed by atoms with E-state index in [1.165, 1.54) is 0 Å². The molecule has 2 atom stereocenters. The third-order valence-electron chi connectivity index (χ3n) is 4.09. The van der Waals surface area contributed by atoms with Gasteiger partial charge < -0.3 is 5.73 Å². The minimum Gasteiger partial charge on any atom is -0.329 e. The van der Waals surface area contributed by atoms with Crippen molar-refractivity contribution in [2.24, 2.45) is 11.7 Å². The van der Waals surface area contributed by atoms with Crippen LogP contribution in [-0.4, -0.2) is 49.2 Å². The molecule has 2 aliphatic heterocycles. The van der Waals surface area contributed by atoms with E-state index in [4.69, 9.17) is 5.73 Å². The Balaban J connectivity index is 2.13. The van der Waals surface area contributed by atoms with Gasteiger partial charge in [0, 0.05) is 32.2 Å². The van der Waals surface area contributed by atoms with Gasteiger partial charge in [-0.25, -0.2) is 0 Å². The molecule has 2 rings (SSSR count). The molecule has 0 amide bonds. The molecule has 106 valence electrons. The summed E-state index contributed by atoms with van der Waals surface area (Å²) in [5.74, 6) is 0.467. The summed E-state index contributed by atoms with van der Waals surface area (Å²) in [5, 5.41) is 0. The van der Waals surface area contributed by atoms with E-state index >= 15 is 0 Å². The highest BCUT2D eigenvalue weighted by atomic mass is 32.2. The molecule has 2 saturated heterocycles. The molecule has 2 aliphatic rings. The second-order valence-electron chi connectivity index (χ2n) is 5.61. The lowest BCUT2D eigenvalue weighted by atomic mass is 10.0. The van der Waals surface area contributed by atoms with Crippen LogP contribution in [0, 0.1) is 5.92 Å². The van der Waals surface area contributed by atoms with Crippen molar-refractivity contribution < 1.29 is 8.42 Å². The minimum absolute atomic E-state index is 0.000910. The zero-order valence-corrected chi connectivity index (χ0v) is 12.0. The average molecular weight is 275 g/mol. The summed E-state index contributed by atoms with van der Waals surface area (Å²) in [6, 6.07) is 0.000910. The molecule has 6 heteroatoms. The molecule has 2 heterocycles. The molecule has 0 bridgehead atoms. The van der Waals surface area contributed by atoms with E-state index < -0.39 is 10.2 Å². The van der Waals surface area contributed by atoms with Gasteiger partial charge in [-0.1, -0.05) is 13.3 Å². The van der Waals surface area contributed by atoms with E-state index in [0.29, 0.717) is 32.1 Å². The van der Waals surface area contributed by atoms with Crippen LogP contribution in [0.2, 0.25) is 0 Å². The summed E-state index contributed by atoms with van der Waals surface area (Å²) in [5.41, 5.74) is 5.72. The van der Waals surface area contributed by atoms with Crippen LogP contribution in [0.15, 0.2) is 0 Å². The van der Waals surface area contributed by atoms with Crippen molar-refractivity contribution in [3.05, 3.63) is 0 Å². The fourth-order valence-corrected chi connectivity index (χ4v) is 5.04. The molecule has 2 fully saturated rings. The van der Waals surface area contributed by atoms with Crippen molar-refractivity contribution in [2.45, 2.75) is 45.1 Å². The number of nitrogens with two attached hydrogens (primary N) is 1. The first kappa shape index (κ1) is 14.2. The number of nitrogens with zero attached hydrogens (tertiary/aromatic N) is 2. The van der Waals surface area contributed by atoms with Gasteiger partial charge >= 0.3 is 0 Å². The molecule has 0 aromatic carbocycles. The summed E-state index contributed by atoms with van der Waals surface area (Å²) in [6.45, 7) is 4.52. The van der Waals surface area contributed by atoms with E-state index in [1.54, 1.807) is 8.61 Å². The average Bonchev–Trinajstić information content (AvgIpc) is 2.38. The molecular weight excluding hydrogens is 250 g/mol. The van der Waals surface area contributed by atoms with E-state index in [2.05, 4.69) is 6.92 Å². The summed E-state index contributed by atoms with van der Waals surface area (Å²) in [4.78, 5) is 0. The Morgan fingerprint density at radius 1 is 1.17 bits per heavy atom. The first-order chi connectivity index (χ1) is 8.55. The highest BCUT2D eigenvalue weighted by Crippen LogP contribution is 2.25. The van der Waals surface area contributed by atoms with Gasteiger partial charge in [-0.05, 0) is 31.6 Å². The SMILES string of the molecule is C[C@H]1CCCN(S(=O)(=O)N2CCCC[C@@H]2CN)C1. The number of hydrogen-bond acceptors (Lipinski definition) is 3. The van der Waals surface area contributed by atoms with Crippen LogP contribution in [0.1, 0.15) is 39.0 Å². The van der Waals surface area contributed by atoms with Gasteiger partial charge in [0.1, 0.15) is 0 Å². The number of piperidine rings is 2. The van der Waals surface area contributed by atoms with Gasteiger partial charge in [-0.15, -0.1) is 0 Å². The fourth-order valence-electron chi connectivity index (χ4n) is 3.02. The zero-order valence-electron chi connectivity index (χ0n) is 11.2. The van der Waals surface area contributed by atoms with E-state index in [9.17, 15) is 8.42 Å². The second-order valence-corrected chi connectivity index (χ2v) is 7.49. The predicted molar refractivity (Wildman–Crippen MR) is 72.3 cm³/mol. The molecule has 0 unspecified atom stereocenters. The summed E-state index contributed by atoms with van der Waals surface area (Å²) in [6.07, 6.45) is 5.05. The quantitative estimate of drug-likeness (QED) is 0.827. The molecule has 0 spiro atoms. The van der Waals surface area contributed by atoms with Crippen LogP contribution >= 0.6 is 0 Å². The lowest BCUT2D eigenvalue weighted by Gasteiger charge is -2.39. The molecule has 0 aliphatic carbocycles. The van der Waals surface area contributed by atoms with Crippen LogP contribution in [0.5, 0.6) is 0 Å². The maximum Gasteiger partial charge on any atom is 0.282 e. The zero-order chi connectivity index (χ0) is 13.2. The van der Waals surface area contributed by atoms with Crippen molar-refractivity contribution >= 4 is 10.2 Å². The van der Waals surface area contributed by atoms with Gasteiger partial charge in [-0.2, -0.15) is 17.0 Å². The molecular formula is C12H25N3O2S. The first-order valence-electron chi connectivity index (χ1n) is 7.02. The lowest BCUT2D eigenvalue weighted by molar-refractivity contribution is 0.213. The highest BCUT2D eigenvalue weighted by Gasteiger charge is 2.37. The van der Waals surface area contributed by atoms with Crippen LogP contribution in [0.4, 0.5) is 0 Å². The van der Waals surface area contributed by atoms with Crippen molar-refractivity contribution in [3.8, 4) is 0 Å². The molecule has 2 N–H and O–H groups in total. The Morgan fingerprint density at radius 3 is 2.61 bits per heavy atom. The van der Waals surface area contributed by atoms with Crippen molar-refractivity contribution in [1.29, 1.82) is 0 Å². The van der Waals surface area contributed by atoms with Gasteiger partial charge in [0.15, 0.2) is 0 Å². The maximum absolute atomic E-state index is 12.7. The fraction of sp³-hybridized carbons (Fsp3) is 1.00. The van der Waals surface area contributed by atoms with Gasteiger partial charge in [0.25, 0.3) is 10.2 Å². The highest BCUT2D eigenvalue weighted by molar-refractivity contribution is 7.86. The van der Waals surface area contributed by atoms with Crippen molar-refractivity contribution in [1.82, 2.24) is 8.61 Å². The van der Waals surface area contributed by atoms with Gasteiger partial charge in [0.05, 0.1) is 0 Å². The number of hydrogen-bond donors (Lipinski definition) is 1. The van der Waals surface area contributed by atoms with Crippen LogP contribution in [-0.2, 0) is 10.2 Å². The normalized spacial score (nSPS) is 32.6. The standard InChI is InChI=1S/C12H25N3O2S/c1-11-5-4-7-14(10-11)18(16,17)15-8-3-2-6-12(15)9-13/h11-12H,2-10,13H2,1H3/t11-,12+/m0/s1. The van der Waals surface area contributed by atoms with E-state index in [-0.39, 0.29) is 6.04 Å². The van der Waals surface area contributed by atoms with Gasteiger partial charge in [-0.3, -0.25) is 0 Å². The Hall–Kier alpha value is -0.170.